The molecule has 1 N–H and O–H groups in total. The molecule has 0 bridgehead atoms. The minimum Gasteiger partial charge on any atom is -0.381 e. The summed E-state index contributed by atoms with van der Waals surface area (Å²) in [5.74, 6) is 0.845. The third-order valence-electron chi connectivity index (χ3n) is 7.49. The molecule has 0 aromatic heterocycles. The lowest BCUT2D eigenvalue weighted by Gasteiger charge is -2.37. The van der Waals surface area contributed by atoms with Crippen molar-refractivity contribution in [1.82, 2.24) is 15.1 Å². The summed E-state index contributed by atoms with van der Waals surface area (Å²) >= 11 is 1.46. The average Bonchev–Trinajstić information content (AvgIpc) is 3.43. The molecule has 2 unspecified atom stereocenters. The van der Waals surface area contributed by atoms with E-state index in [0.717, 1.165) is 63.7 Å². The Morgan fingerprint density at radius 2 is 1.85 bits per heavy atom. The van der Waals surface area contributed by atoms with Gasteiger partial charge in [-0.15, -0.1) is 11.8 Å². The molecule has 3 aliphatic rings. The zero-order valence-electron chi connectivity index (χ0n) is 20.4. The lowest BCUT2D eigenvalue weighted by Crippen LogP contribution is -2.52. The Hall–Kier alpha value is -1.61. The predicted molar refractivity (Wildman–Crippen MR) is 134 cm³/mol. The van der Waals surface area contributed by atoms with Crippen LogP contribution in [0.1, 0.15) is 48.9 Å². The Kier molecular flexibility index (Phi) is 9.67. The van der Waals surface area contributed by atoms with Gasteiger partial charge in [0.15, 0.2) is 0 Å². The molecule has 2 atom stereocenters. The van der Waals surface area contributed by atoms with E-state index in [1.165, 1.54) is 31.0 Å². The number of hydrogen-bond donors (Lipinski definition) is 1. The zero-order valence-corrected chi connectivity index (χ0v) is 21.2. The highest BCUT2D eigenvalue weighted by molar-refractivity contribution is 8.00. The van der Waals surface area contributed by atoms with Crippen LogP contribution in [0.2, 0.25) is 0 Å². The van der Waals surface area contributed by atoms with Crippen LogP contribution in [0.25, 0.3) is 0 Å². The minimum absolute atomic E-state index is 0.0756. The Bertz CT molecular complexity index is 805. The standard InChI is InChI=1S/C26H39N3O4S/c1-28(21-7-3-2-4-8-21)25(30)19-34-24-10-6-5-9-22(24)26(31)27-17-23(20-11-14-33-18-20)29-12-15-32-16-13-29/h5-6,9-10,20-21,23H,2-4,7-8,11-19H2,1H3,(H,27,31). The molecule has 1 aromatic rings. The van der Waals surface area contributed by atoms with Crippen molar-refractivity contribution in [2.75, 3.05) is 58.9 Å². The molecule has 7 nitrogen and oxygen atoms in total. The first-order chi connectivity index (χ1) is 16.6. The summed E-state index contributed by atoms with van der Waals surface area (Å²) in [6, 6.07) is 8.23. The smallest absolute Gasteiger partial charge is 0.252 e. The lowest BCUT2D eigenvalue weighted by atomic mass is 9.94. The molecule has 2 heterocycles. The molecular weight excluding hydrogens is 450 g/mol. The second kappa shape index (κ2) is 12.9. The van der Waals surface area contributed by atoms with Crippen molar-refractivity contribution < 1.29 is 19.1 Å². The van der Waals surface area contributed by atoms with Crippen LogP contribution in [0.3, 0.4) is 0 Å². The third-order valence-corrected chi connectivity index (χ3v) is 8.55. The summed E-state index contributed by atoms with van der Waals surface area (Å²) in [6.45, 7) is 5.39. The molecule has 3 fully saturated rings. The van der Waals surface area contributed by atoms with Gasteiger partial charge in [-0.25, -0.2) is 0 Å². The van der Waals surface area contributed by atoms with E-state index in [4.69, 9.17) is 9.47 Å². The second-order valence-corrected chi connectivity index (χ2v) is 10.6. The quantitative estimate of drug-likeness (QED) is 0.538. The van der Waals surface area contributed by atoms with Crippen LogP contribution in [-0.2, 0) is 14.3 Å². The van der Waals surface area contributed by atoms with Crippen LogP contribution in [0.4, 0.5) is 0 Å². The molecule has 2 saturated heterocycles. The van der Waals surface area contributed by atoms with E-state index >= 15 is 0 Å². The first-order valence-electron chi connectivity index (χ1n) is 12.8. The SMILES string of the molecule is CN(C(=O)CSc1ccccc1C(=O)NCC(C1CCOC1)N1CCOCC1)C1CCCCC1. The molecule has 0 spiro atoms. The molecule has 2 amide bonds. The number of ether oxygens (including phenoxy) is 2. The highest BCUT2D eigenvalue weighted by atomic mass is 32.2. The molecule has 0 radical (unpaired) electrons. The van der Waals surface area contributed by atoms with E-state index in [0.29, 0.717) is 29.8 Å². The summed E-state index contributed by atoms with van der Waals surface area (Å²) in [4.78, 5) is 31.2. The molecule has 1 aliphatic carbocycles. The number of amides is 2. The number of nitrogens with one attached hydrogen (secondary N) is 1. The number of benzene rings is 1. The highest BCUT2D eigenvalue weighted by Gasteiger charge is 2.32. The number of nitrogens with zero attached hydrogens (tertiary/aromatic N) is 2. The maximum Gasteiger partial charge on any atom is 0.252 e. The van der Waals surface area contributed by atoms with Crippen molar-refractivity contribution in [1.29, 1.82) is 0 Å². The summed E-state index contributed by atoms with van der Waals surface area (Å²) in [5.41, 5.74) is 0.643. The van der Waals surface area contributed by atoms with E-state index in [1.54, 1.807) is 0 Å². The zero-order chi connectivity index (χ0) is 23.8. The van der Waals surface area contributed by atoms with Gasteiger partial charge in [-0.1, -0.05) is 31.4 Å². The van der Waals surface area contributed by atoms with Crippen LogP contribution < -0.4 is 5.32 Å². The first-order valence-corrected chi connectivity index (χ1v) is 13.8. The van der Waals surface area contributed by atoms with Gasteiger partial charge in [0, 0.05) is 56.2 Å². The van der Waals surface area contributed by atoms with E-state index in [-0.39, 0.29) is 17.9 Å². The summed E-state index contributed by atoms with van der Waals surface area (Å²) in [7, 11) is 1.93. The Morgan fingerprint density at radius 3 is 2.59 bits per heavy atom. The van der Waals surface area contributed by atoms with Crippen LogP contribution in [0.15, 0.2) is 29.2 Å². The van der Waals surface area contributed by atoms with E-state index in [9.17, 15) is 9.59 Å². The molecule has 1 saturated carbocycles. The van der Waals surface area contributed by atoms with E-state index in [2.05, 4.69) is 10.2 Å². The fraction of sp³-hybridized carbons (Fsp3) is 0.692. The van der Waals surface area contributed by atoms with Gasteiger partial charge in [-0.3, -0.25) is 14.5 Å². The molecule has 4 rings (SSSR count). The summed E-state index contributed by atoms with van der Waals surface area (Å²) in [6.07, 6.45) is 6.91. The van der Waals surface area contributed by atoms with Gasteiger partial charge in [0.05, 0.1) is 31.1 Å². The van der Waals surface area contributed by atoms with Crippen LogP contribution in [0.5, 0.6) is 0 Å². The van der Waals surface area contributed by atoms with Crippen molar-refractivity contribution in [3.63, 3.8) is 0 Å². The van der Waals surface area contributed by atoms with Crippen molar-refractivity contribution in [2.45, 2.75) is 55.5 Å². The molecular formula is C26H39N3O4S. The average molecular weight is 490 g/mol. The molecule has 1 aromatic carbocycles. The van der Waals surface area contributed by atoms with Gasteiger partial charge < -0.3 is 19.7 Å². The highest BCUT2D eigenvalue weighted by Crippen LogP contribution is 2.26. The fourth-order valence-corrected chi connectivity index (χ4v) is 6.32. The second-order valence-electron chi connectivity index (χ2n) is 9.63. The predicted octanol–water partition coefficient (Wildman–Crippen LogP) is 3.04. The molecule has 8 heteroatoms. The van der Waals surface area contributed by atoms with Crippen molar-refractivity contribution in [3.05, 3.63) is 29.8 Å². The van der Waals surface area contributed by atoms with Crippen molar-refractivity contribution >= 4 is 23.6 Å². The van der Waals surface area contributed by atoms with Gasteiger partial charge >= 0.3 is 0 Å². The largest absolute Gasteiger partial charge is 0.381 e. The number of thioether (sulfide) groups is 1. The van der Waals surface area contributed by atoms with Gasteiger partial charge in [0.25, 0.3) is 5.91 Å². The Labute approximate surface area is 207 Å². The fourth-order valence-electron chi connectivity index (χ4n) is 5.35. The monoisotopic (exact) mass is 489 g/mol. The van der Waals surface area contributed by atoms with E-state index in [1.807, 2.05) is 36.2 Å². The van der Waals surface area contributed by atoms with Gasteiger partial charge in [-0.05, 0) is 31.4 Å². The van der Waals surface area contributed by atoms with Crippen LogP contribution >= 0.6 is 11.8 Å². The van der Waals surface area contributed by atoms with Gasteiger partial charge in [-0.2, -0.15) is 0 Å². The minimum atomic E-state index is -0.0756. The Morgan fingerprint density at radius 1 is 1.09 bits per heavy atom. The lowest BCUT2D eigenvalue weighted by molar-refractivity contribution is -0.129. The normalized spacial score (nSPS) is 22.9. The molecule has 2 aliphatic heterocycles. The van der Waals surface area contributed by atoms with Gasteiger partial charge in [0.1, 0.15) is 0 Å². The number of rotatable bonds is 9. The maximum atomic E-state index is 13.2. The van der Waals surface area contributed by atoms with E-state index < -0.39 is 0 Å². The topological polar surface area (TPSA) is 71.1 Å². The summed E-state index contributed by atoms with van der Waals surface area (Å²) < 4.78 is 11.2. The maximum absolute atomic E-state index is 13.2. The van der Waals surface area contributed by atoms with Crippen LogP contribution in [0, 0.1) is 5.92 Å². The molecule has 188 valence electrons. The summed E-state index contributed by atoms with van der Waals surface area (Å²) in [5, 5.41) is 3.19. The number of hydrogen-bond acceptors (Lipinski definition) is 6. The Balaban J connectivity index is 1.34. The number of carbonyl (C=O) groups excluding carboxylic acids is 2. The molecule has 34 heavy (non-hydrogen) atoms. The van der Waals surface area contributed by atoms with Crippen molar-refractivity contribution in [2.24, 2.45) is 5.92 Å². The number of morpholine rings is 1. The van der Waals surface area contributed by atoms with Gasteiger partial charge in [0.2, 0.25) is 5.91 Å². The van der Waals surface area contributed by atoms with Crippen LogP contribution in [-0.4, -0.2) is 92.6 Å². The first kappa shape index (κ1) is 25.5. The number of carbonyl (C=O) groups is 2. The third kappa shape index (κ3) is 6.74. The van der Waals surface area contributed by atoms with Crippen molar-refractivity contribution in [3.8, 4) is 0 Å².